The Morgan fingerprint density at radius 2 is 2.07 bits per heavy atom. The molecule has 0 radical (unpaired) electrons. The minimum atomic E-state index is -0.536. The number of hydrogen-bond donors (Lipinski definition) is 2. The summed E-state index contributed by atoms with van der Waals surface area (Å²) in [6.45, 7) is 2.77. The minimum absolute atomic E-state index is 0. The number of nitrogens with one attached hydrogen (secondary N) is 2. The molecule has 2 N–H and O–H groups in total. The van der Waals surface area contributed by atoms with Gasteiger partial charge >= 0.3 is 0 Å². The molecule has 9 heteroatoms. The van der Waals surface area contributed by atoms with Crippen LogP contribution < -0.4 is 15.5 Å². The second-order valence-electron chi connectivity index (χ2n) is 6.63. The first-order valence-electron chi connectivity index (χ1n) is 9.42. The number of methoxy groups -OCH3 is 1. The number of guanidine groups is 1. The number of benzene rings is 1. The summed E-state index contributed by atoms with van der Waals surface area (Å²) in [4.78, 5) is 6.23. The molecule has 1 aliphatic rings. The normalized spacial score (nSPS) is 16.6. The van der Waals surface area contributed by atoms with E-state index in [9.17, 15) is 8.78 Å². The summed E-state index contributed by atoms with van der Waals surface area (Å²) in [7, 11) is 1.63. The third kappa shape index (κ3) is 6.84. The predicted molar refractivity (Wildman–Crippen MR) is 120 cm³/mol. The van der Waals surface area contributed by atoms with Gasteiger partial charge in [-0.25, -0.2) is 8.78 Å². The van der Waals surface area contributed by atoms with E-state index in [0.717, 1.165) is 18.6 Å². The number of rotatable bonds is 8. The molecule has 6 nitrogen and oxygen atoms in total. The number of ether oxygens (including phenoxy) is 1. The third-order valence-corrected chi connectivity index (χ3v) is 4.59. The molecular weight excluding hydrogens is 493 g/mol. The molecule has 1 aromatic heterocycles. The lowest BCUT2D eigenvalue weighted by Crippen LogP contribution is -2.45. The Kier molecular flexibility index (Phi) is 9.65. The first kappa shape index (κ1) is 23.4. The first-order valence-corrected chi connectivity index (χ1v) is 9.42. The van der Waals surface area contributed by atoms with Gasteiger partial charge in [0.25, 0.3) is 0 Å². The summed E-state index contributed by atoms with van der Waals surface area (Å²) in [5.41, 5.74) is 0.0375. The molecule has 1 aromatic carbocycles. The molecule has 1 aliphatic heterocycles. The molecule has 0 spiro atoms. The SMILES string of the molecule is COCCN=C(NCCc1ccco1)NC1CCN(c2c(F)cccc2F)C1.I. The molecule has 0 amide bonds. The Balaban J connectivity index is 0.00000300. The van der Waals surface area contributed by atoms with E-state index in [1.54, 1.807) is 18.3 Å². The van der Waals surface area contributed by atoms with Crippen LogP contribution in [0, 0.1) is 11.6 Å². The fraction of sp³-hybridized carbons (Fsp3) is 0.450. The molecule has 160 valence electrons. The standard InChI is InChI=1S/C20H26F2N4O2.HI/c1-27-13-10-24-20(23-9-7-16-4-3-12-28-16)25-15-8-11-26(14-15)19-17(21)5-2-6-18(19)22;/h2-6,12,15H,7-11,13-14H2,1H3,(H2,23,24,25);1H. The molecule has 1 unspecified atom stereocenters. The topological polar surface area (TPSA) is 62.0 Å². The zero-order chi connectivity index (χ0) is 19.8. The van der Waals surface area contributed by atoms with Crippen LogP contribution in [-0.4, -0.2) is 51.9 Å². The zero-order valence-electron chi connectivity index (χ0n) is 16.4. The average molecular weight is 520 g/mol. The van der Waals surface area contributed by atoms with Gasteiger partial charge in [0, 0.05) is 39.2 Å². The lowest BCUT2D eigenvalue weighted by atomic mass is 10.2. The molecule has 29 heavy (non-hydrogen) atoms. The highest BCUT2D eigenvalue weighted by Gasteiger charge is 2.27. The number of halogens is 3. The number of anilines is 1. The Morgan fingerprint density at radius 3 is 2.76 bits per heavy atom. The fourth-order valence-electron chi connectivity index (χ4n) is 3.23. The number of para-hydroxylation sites is 1. The molecule has 0 bridgehead atoms. The minimum Gasteiger partial charge on any atom is -0.469 e. The molecule has 0 aliphatic carbocycles. The van der Waals surface area contributed by atoms with Crippen LogP contribution >= 0.6 is 24.0 Å². The van der Waals surface area contributed by atoms with Crippen LogP contribution in [0.5, 0.6) is 0 Å². The van der Waals surface area contributed by atoms with E-state index in [1.807, 2.05) is 12.1 Å². The van der Waals surface area contributed by atoms with E-state index >= 15 is 0 Å². The summed E-state index contributed by atoms with van der Waals surface area (Å²) in [5, 5.41) is 6.64. The van der Waals surface area contributed by atoms with Gasteiger partial charge in [0.1, 0.15) is 23.1 Å². The van der Waals surface area contributed by atoms with Crippen molar-refractivity contribution in [2.45, 2.75) is 18.9 Å². The van der Waals surface area contributed by atoms with Crippen LogP contribution in [0.3, 0.4) is 0 Å². The molecule has 2 aromatic rings. The van der Waals surface area contributed by atoms with E-state index in [4.69, 9.17) is 9.15 Å². The van der Waals surface area contributed by atoms with Gasteiger partial charge in [-0.05, 0) is 30.7 Å². The summed E-state index contributed by atoms with van der Waals surface area (Å²) in [6.07, 6.45) is 3.14. The van der Waals surface area contributed by atoms with E-state index in [2.05, 4.69) is 15.6 Å². The van der Waals surface area contributed by atoms with Crippen LogP contribution in [0.15, 0.2) is 46.0 Å². The van der Waals surface area contributed by atoms with E-state index in [-0.39, 0.29) is 35.7 Å². The summed E-state index contributed by atoms with van der Waals surface area (Å²) in [5.74, 6) is 0.479. The van der Waals surface area contributed by atoms with Gasteiger partial charge in [-0.15, -0.1) is 24.0 Å². The van der Waals surface area contributed by atoms with Crippen molar-refractivity contribution in [3.05, 3.63) is 54.0 Å². The second-order valence-corrected chi connectivity index (χ2v) is 6.63. The molecule has 1 fully saturated rings. The molecular formula is C20H27F2IN4O2. The van der Waals surface area contributed by atoms with Crippen molar-refractivity contribution in [2.24, 2.45) is 4.99 Å². The predicted octanol–water partition coefficient (Wildman–Crippen LogP) is 3.18. The van der Waals surface area contributed by atoms with Crippen molar-refractivity contribution in [2.75, 3.05) is 44.8 Å². The smallest absolute Gasteiger partial charge is 0.191 e. The summed E-state index contributed by atoms with van der Waals surface area (Å²) < 4.78 is 38.5. The maximum Gasteiger partial charge on any atom is 0.191 e. The number of aliphatic imine (C=N–C) groups is 1. The lowest BCUT2D eigenvalue weighted by molar-refractivity contribution is 0.208. The van der Waals surface area contributed by atoms with Crippen LogP contribution in [0.4, 0.5) is 14.5 Å². The Hall–Kier alpha value is -1.88. The van der Waals surface area contributed by atoms with Crippen molar-refractivity contribution in [3.8, 4) is 0 Å². The van der Waals surface area contributed by atoms with Crippen molar-refractivity contribution in [1.29, 1.82) is 0 Å². The van der Waals surface area contributed by atoms with Crippen LogP contribution in [0.1, 0.15) is 12.2 Å². The maximum absolute atomic E-state index is 14.0. The van der Waals surface area contributed by atoms with E-state index in [0.29, 0.717) is 38.7 Å². The highest BCUT2D eigenvalue weighted by Crippen LogP contribution is 2.26. The van der Waals surface area contributed by atoms with Crippen LogP contribution in [-0.2, 0) is 11.2 Å². The zero-order valence-corrected chi connectivity index (χ0v) is 18.7. The van der Waals surface area contributed by atoms with E-state index in [1.165, 1.54) is 18.2 Å². The average Bonchev–Trinajstić information content (AvgIpc) is 3.34. The first-order chi connectivity index (χ1) is 13.7. The van der Waals surface area contributed by atoms with Gasteiger partial charge < -0.3 is 24.7 Å². The molecule has 0 saturated carbocycles. The summed E-state index contributed by atoms with van der Waals surface area (Å²) in [6, 6.07) is 7.77. The Bertz CT molecular complexity index is 754. The molecule has 3 rings (SSSR count). The number of furan rings is 1. The van der Waals surface area contributed by atoms with Crippen molar-refractivity contribution in [1.82, 2.24) is 10.6 Å². The Labute approximate surface area is 186 Å². The monoisotopic (exact) mass is 520 g/mol. The van der Waals surface area contributed by atoms with Gasteiger partial charge in [-0.2, -0.15) is 0 Å². The quantitative estimate of drug-likeness (QED) is 0.243. The van der Waals surface area contributed by atoms with E-state index < -0.39 is 11.6 Å². The van der Waals surface area contributed by atoms with Gasteiger partial charge in [0.05, 0.1) is 19.4 Å². The van der Waals surface area contributed by atoms with Crippen LogP contribution in [0.25, 0.3) is 0 Å². The highest BCUT2D eigenvalue weighted by atomic mass is 127. The van der Waals surface area contributed by atoms with Crippen molar-refractivity contribution >= 4 is 35.6 Å². The van der Waals surface area contributed by atoms with Gasteiger partial charge in [-0.3, -0.25) is 4.99 Å². The second kappa shape index (κ2) is 12.0. The number of hydrogen-bond acceptors (Lipinski definition) is 4. The molecule has 1 saturated heterocycles. The lowest BCUT2D eigenvalue weighted by Gasteiger charge is -2.21. The van der Waals surface area contributed by atoms with Gasteiger partial charge in [0.2, 0.25) is 0 Å². The fourth-order valence-corrected chi connectivity index (χ4v) is 3.23. The number of nitrogens with zero attached hydrogens (tertiary/aromatic N) is 2. The van der Waals surface area contributed by atoms with Gasteiger partial charge in [0.15, 0.2) is 5.96 Å². The van der Waals surface area contributed by atoms with Crippen molar-refractivity contribution in [3.63, 3.8) is 0 Å². The van der Waals surface area contributed by atoms with Gasteiger partial charge in [-0.1, -0.05) is 6.07 Å². The molecule has 2 heterocycles. The largest absolute Gasteiger partial charge is 0.469 e. The summed E-state index contributed by atoms with van der Waals surface area (Å²) >= 11 is 0. The van der Waals surface area contributed by atoms with Crippen molar-refractivity contribution < 1.29 is 17.9 Å². The molecule has 1 atom stereocenters. The highest BCUT2D eigenvalue weighted by molar-refractivity contribution is 14.0. The Morgan fingerprint density at radius 1 is 1.28 bits per heavy atom. The maximum atomic E-state index is 14.0. The third-order valence-electron chi connectivity index (χ3n) is 4.59. The van der Waals surface area contributed by atoms with Crippen LogP contribution in [0.2, 0.25) is 0 Å².